The molecule has 1 atom stereocenters. The fourth-order valence-electron chi connectivity index (χ4n) is 2.15. The minimum Gasteiger partial charge on any atom is -0.370 e. The standard InChI is InChI=1S/C12H19N3/c1-3-10-5-6-15(9-10)12-7-11(4-2)14-13-8-12/h7-8,10H,3-6,9H2,1-2H3/t10-/m1/s1. The lowest BCUT2D eigenvalue weighted by Gasteiger charge is -2.18. The van der Waals surface area contributed by atoms with E-state index in [0.29, 0.717) is 0 Å². The van der Waals surface area contributed by atoms with Gasteiger partial charge in [0.1, 0.15) is 0 Å². The molecule has 0 spiro atoms. The highest BCUT2D eigenvalue weighted by atomic mass is 15.2. The summed E-state index contributed by atoms with van der Waals surface area (Å²) in [4.78, 5) is 2.43. The van der Waals surface area contributed by atoms with Crippen LogP contribution in [0, 0.1) is 5.92 Å². The van der Waals surface area contributed by atoms with Gasteiger partial charge in [0, 0.05) is 13.1 Å². The van der Waals surface area contributed by atoms with Gasteiger partial charge in [-0.2, -0.15) is 10.2 Å². The molecule has 2 heterocycles. The number of anilines is 1. The van der Waals surface area contributed by atoms with Crippen LogP contribution < -0.4 is 4.90 Å². The van der Waals surface area contributed by atoms with Crippen molar-refractivity contribution in [1.29, 1.82) is 0 Å². The van der Waals surface area contributed by atoms with E-state index in [2.05, 4.69) is 35.0 Å². The van der Waals surface area contributed by atoms with Crippen LogP contribution in [0.15, 0.2) is 12.3 Å². The molecule has 0 radical (unpaired) electrons. The zero-order valence-electron chi connectivity index (χ0n) is 9.61. The number of nitrogens with zero attached hydrogens (tertiary/aromatic N) is 3. The molecule has 0 amide bonds. The third kappa shape index (κ3) is 2.28. The van der Waals surface area contributed by atoms with Crippen LogP contribution >= 0.6 is 0 Å². The lowest BCUT2D eigenvalue weighted by atomic mass is 10.1. The molecule has 0 bridgehead atoms. The van der Waals surface area contributed by atoms with Gasteiger partial charge in [0.05, 0.1) is 17.6 Å². The molecule has 0 aliphatic carbocycles. The Morgan fingerprint density at radius 1 is 1.47 bits per heavy atom. The molecule has 2 rings (SSSR count). The molecule has 1 aromatic heterocycles. The van der Waals surface area contributed by atoms with E-state index in [4.69, 9.17) is 0 Å². The molecule has 1 aliphatic rings. The predicted octanol–water partition coefficient (Wildman–Crippen LogP) is 2.28. The first-order chi connectivity index (χ1) is 7.33. The summed E-state index contributed by atoms with van der Waals surface area (Å²) >= 11 is 0. The molecule has 0 N–H and O–H groups in total. The maximum absolute atomic E-state index is 4.09. The average molecular weight is 205 g/mol. The SMILES string of the molecule is CCc1cc(N2CC[C@@H](CC)C2)cnn1. The fraction of sp³-hybridized carbons (Fsp3) is 0.667. The van der Waals surface area contributed by atoms with E-state index < -0.39 is 0 Å². The molecule has 15 heavy (non-hydrogen) atoms. The summed E-state index contributed by atoms with van der Waals surface area (Å²) in [6, 6.07) is 2.17. The average Bonchev–Trinajstić information content (AvgIpc) is 2.78. The Labute approximate surface area is 91.5 Å². The van der Waals surface area contributed by atoms with Crippen LogP contribution in [0.4, 0.5) is 5.69 Å². The van der Waals surface area contributed by atoms with E-state index in [9.17, 15) is 0 Å². The molecule has 3 nitrogen and oxygen atoms in total. The molecule has 0 aromatic carbocycles. The van der Waals surface area contributed by atoms with E-state index in [1.807, 2.05) is 6.20 Å². The Bertz CT molecular complexity index is 324. The molecule has 0 saturated carbocycles. The first-order valence-electron chi connectivity index (χ1n) is 5.90. The van der Waals surface area contributed by atoms with Crippen LogP contribution in [0.2, 0.25) is 0 Å². The Balaban J connectivity index is 2.09. The van der Waals surface area contributed by atoms with Crippen molar-refractivity contribution >= 4 is 5.69 Å². The van der Waals surface area contributed by atoms with E-state index >= 15 is 0 Å². The summed E-state index contributed by atoms with van der Waals surface area (Å²) in [6.07, 6.45) is 5.46. The van der Waals surface area contributed by atoms with Crippen LogP contribution in [-0.4, -0.2) is 23.3 Å². The third-order valence-electron chi connectivity index (χ3n) is 3.28. The molecule has 1 aromatic rings. The minimum absolute atomic E-state index is 0.864. The van der Waals surface area contributed by atoms with Crippen molar-refractivity contribution in [3.8, 4) is 0 Å². The molecule has 3 heteroatoms. The van der Waals surface area contributed by atoms with Crippen LogP contribution in [0.3, 0.4) is 0 Å². The molecule has 1 aliphatic heterocycles. The van der Waals surface area contributed by atoms with Gasteiger partial charge in [-0.3, -0.25) is 0 Å². The molecule has 1 saturated heterocycles. The highest BCUT2D eigenvalue weighted by Gasteiger charge is 2.21. The van der Waals surface area contributed by atoms with Gasteiger partial charge in [0.25, 0.3) is 0 Å². The Morgan fingerprint density at radius 3 is 3.00 bits per heavy atom. The Kier molecular flexibility index (Phi) is 3.19. The van der Waals surface area contributed by atoms with Crippen LogP contribution in [0.25, 0.3) is 0 Å². The van der Waals surface area contributed by atoms with Gasteiger partial charge in [-0.25, -0.2) is 0 Å². The van der Waals surface area contributed by atoms with Gasteiger partial charge in [-0.15, -0.1) is 0 Å². The summed E-state index contributed by atoms with van der Waals surface area (Å²) in [5.74, 6) is 0.864. The summed E-state index contributed by atoms with van der Waals surface area (Å²) in [5, 5.41) is 8.15. The van der Waals surface area contributed by atoms with Crippen molar-refractivity contribution in [1.82, 2.24) is 10.2 Å². The zero-order valence-corrected chi connectivity index (χ0v) is 9.61. The number of hydrogen-bond acceptors (Lipinski definition) is 3. The molecule has 1 fully saturated rings. The summed E-state index contributed by atoms with van der Waals surface area (Å²) < 4.78 is 0. The summed E-state index contributed by atoms with van der Waals surface area (Å²) in [6.45, 7) is 6.75. The van der Waals surface area contributed by atoms with Crippen molar-refractivity contribution < 1.29 is 0 Å². The highest BCUT2D eigenvalue weighted by Crippen LogP contribution is 2.24. The topological polar surface area (TPSA) is 29.0 Å². The minimum atomic E-state index is 0.864. The second-order valence-corrected chi connectivity index (χ2v) is 4.27. The smallest absolute Gasteiger partial charge is 0.0730 e. The van der Waals surface area contributed by atoms with Crippen molar-refractivity contribution in [3.63, 3.8) is 0 Å². The van der Waals surface area contributed by atoms with Crippen LogP contribution in [0.5, 0.6) is 0 Å². The highest BCUT2D eigenvalue weighted by molar-refractivity contribution is 5.45. The van der Waals surface area contributed by atoms with Gasteiger partial charge < -0.3 is 4.90 Å². The predicted molar refractivity (Wildman–Crippen MR) is 62.0 cm³/mol. The Hall–Kier alpha value is -1.12. The van der Waals surface area contributed by atoms with Crippen LogP contribution in [-0.2, 0) is 6.42 Å². The van der Waals surface area contributed by atoms with E-state index in [1.165, 1.54) is 31.6 Å². The van der Waals surface area contributed by atoms with Crippen molar-refractivity contribution in [2.45, 2.75) is 33.1 Å². The van der Waals surface area contributed by atoms with E-state index in [1.54, 1.807) is 0 Å². The van der Waals surface area contributed by atoms with Gasteiger partial charge in [0.2, 0.25) is 0 Å². The molecular weight excluding hydrogens is 186 g/mol. The number of aromatic nitrogens is 2. The van der Waals surface area contributed by atoms with Gasteiger partial charge in [-0.1, -0.05) is 20.3 Å². The summed E-state index contributed by atoms with van der Waals surface area (Å²) in [7, 11) is 0. The normalized spacial score (nSPS) is 20.9. The monoisotopic (exact) mass is 205 g/mol. The second-order valence-electron chi connectivity index (χ2n) is 4.27. The number of rotatable bonds is 3. The number of hydrogen-bond donors (Lipinski definition) is 0. The van der Waals surface area contributed by atoms with Crippen LogP contribution in [0.1, 0.15) is 32.4 Å². The first kappa shape index (κ1) is 10.4. The van der Waals surface area contributed by atoms with Crippen molar-refractivity contribution in [2.75, 3.05) is 18.0 Å². The molecular formula is C12H19N3. The lowest BCUT2D eigenvalue weighted by Crippen LogP contribution is -2.20. The second kappa shape index (κ2) is 4.60. The quantitative estimate of drug-likeness (QED) is 0.758. The van der Waals surface area contributed by atoms with E-state index in [0.717, 1.165) is 18.0 Å². The largest absolute Gasteiger partial charge is 0.370 e. The van der Waals surface area contributed by atoms with Gasteiger partial charge >= 0.3 is 0 Å². The lowest BCUT2D eigenvalue weighted by molar-refractivity contribution is 0.569. The van der Waals surface area contributed by atoms with Gasteiger partial charge in [0.15, 0.2) is 0 Å². The van der Waals surface area contributed by atoms with Crippen molar-refractivity contribution in [3.05, 3.63) is 18.0 Å². The zero-order chi connectivity index (χ0) is 10.7. The molecule has 0 unspecified atom stereocenters. The molecule has 82 valence electrons. The maximum atomic E-state index is 4.09. The first-order valence-corrected chi connectivity index (χ1v) is 5.90. The van der Waals surface area contributed by atoms with Crippen molar-refractivity contribution in [2.24, 2.45) is 5.92 Å². The third-order valence-corrected chi connectivity index (χ3v) is 3.28. The maximum Gasteiger partial charge on any atom is 0.0730 e. The van der Waals surface area contributed by atoms with Gasteiger partial charge in [-0.05, 0) is 24.8 Å². The summed E-state index contributed by atoms with van der Waals surface area (Å²) in [5.41, 5.74) is 2.34. The fourth-order valence-corrected chi connectivity index (χ4v) is 2.15. The van der Waals surface area contributed by atoms with E-state index in [-0.39, 0.29) is 0 Å². The number of aryl methyl sites for hydroxylation is 1. The Morgan fingerprint density at radius 2 is 2.33 bits per heavy atom.